The lowest BCUT2D eigenvalue weighted by atomic mass is 10.3. The highest BCUT2D eigenvalue weighted by molar-refractivity contribution is 9.11. The van der Waals surface area contributed by atoms with E-state index in [4.69, 9.17) is 16.3 Å². The van der Waals surface area contributed by atoms with Crippen LogP contribution in [0, 0.1) is 0 Å². The molecule has 0 saturated heterocycles. The monoisotopic (exact) mass is 379 g/mol. The number of ether oxygens (including phenoxy) is 1. The minimum atomic E-state index is 0.296. The molecule has 17 heavy (non-hydrogen) atoms. The van der Waals surface area contributed by atoms with E-state index in [2.05, 4.69) is 42.1 Å². The summed E-state index contributed by atoms with van der Waals surface area (Å²) in [5.74, 6) is 1.71. The van der Waals surface area contributed by atoms with Crippen molar-refractivity contribution in [1.82, 2.24) is 14.8 Å². The number of hydrogen-bond acceptors (Lipinski definition) is 3. The maximum absolute atomic E-state index is 5.80. The summed E-state index contributed by atoms with van der Waals surface area (Å²) in [6.45, 7) is 0. The van der Waals surface area contributed by atoms with Crippen molar-refractivity contribution >= 4 is 43.5 Å². The Morgan fingerprint density at radius 2 is 2.12 bits per heavy atom. The van der Waals surface area contributed by atoms with Crippen LogP contribution in [0.1, 0.15) is 5.82 Å². The minimum Gasteiger partial charge on any atom is -0.495 e. The summed E-state index contributed by atoms with van der Waals surface area (Å²) >= 11 is 12.7. The summed E-state index contributed by atoms with van der Waals surface area (Å²) in [6, 6.07) is 3.79. The zero-order valence-electron chi connectivity index (χ0n) is 8.82. The van der Waals surface area contributed by atoms with Gasteiger partial charge >= 0.3 is 0 Å². The second-order valence-corrected chi connectivity index (χ2v) is 5.16. The second kappa shape index (κ2) is 5.37. The maximum Gasteiger partial charge on any atom is 0.152 e. The SMILES string of the molecule is COc1cc(-n2cnnc2CCl)c(Br)cc1Br. The Morgan fingerprint density at radius 1 is 1.35 bits per heavy atom. The van der Waals surface area contributed by atoms with E-state index in [9.17, 15) is 0 Å². The summed E-state index contributed by atoms with van der Waals surface area (Å²) in [4.78, 5) is 0. The number of nitrogens with zero attached hydrogens (tertiary/aromatic N) is 3. The first-order chi connectivity index (χ1) is 8.17. The van der Waals surface area contributed by atoms with E-state index in [0.717, 1.165) is 20.4 Å². The predicted octanol–water partition coefficient (Wildman–Crippen LogP) is 3.54. The Balaban J connectivity index is 2.59. The fourth-order valence-electron chi connectivity index (χ4n) is 1.41. The van der Waals surface area contributed by atoms with Gasteiger partial charge < -0.3 is 4.74 Å². The van der Waals surface area contributed by atoms with Crippen molar-refractivity contribution in [2.45, 2.75) is 5.88 Å². The normalized spacial score (nSPS) is 10.6. The van der Waals surface area contributed by atoms with E-state index in [1.165, 1.54) is 0 Å². The molecule has 1 aromatic heterocycles. The average molecular weight is 381 g/mol. The number of aromatic nitrogens is 3. The molecule has 0 aliphatic heterocycles. The molecular weight excluding hydrogens is 373 g/mol. The van der Waals surface area contributed by atoms with Gasteiger partial charge in [0.2, 0.25) is 0 Å². The van der Waals surface area contributed by atoms with Gasteiger partial charge in [0, 0.05) is 10.5 Å². The molecule has 0 fully saturated rings. The molecule has 0 bridgehead atoms. The molecule has 0 spiro atoms. The van der Waals surface area contributed by atoms with Gasteiger partial charge in [-0.3, -0.25) is 4.57 Å². The van der Waals surface area contributed by atoms with Crippen LogP contribution in [0.3, 0.4) is 0 Å². The standard InChI is InChI=1S/C10H8Br2ClN3O/c1-17-9-3-8(6(11)2-7(9)12)16-5-14-15-10(16)4-13/h2-3,5H,4H2,1H3. The van der Waals surface area contributed by atoms with Crippen molar-refractivity contribution in [2.24, 2.45) is 0 Å². The second-order valence-electron chi connectivity index (χ2n) is 3.19. The fourth-order valence-corrected chi connectivity index (χ4v) is 2.94. The molecule has 1 aromatic carbocycles. The first-order valence-electron chi connectivity index (χ1n) is 4.65. The van der Waals surface area contributed by atoms with E-state index in [1.54, 1.807) is 13.4 Å². The first kappa shape index (κ1) is 12.9. The molecule has 7 heteroatoms. The average Bonchev–Trinajstić information content (AvgIpc) is 2.77. The third-order valence-corrected chi connectivity index (χ3v) is 3.71. The zero-order valence-corrected chi connectivity index (χ0v) is 12.8. The highest BCUT2D eigenvalue weighted by Crippen LogP contribution is 2.33. The van der Waals surface area contributed by atoms with Crippen LogP contribution in [-0.2, 0) is 5.88 Å². The van der Waals surface area contributed by atoms with Gasteiger partial charge in [0.05, 0.1) is 23.1 Å². The summed E-state index contributed by atoms with van der Waals surface area (Å²) in [5.41, 5.74) is 0.880. The highest BCUT2D eigenvalue weighted by Gasteiger charge is 2.12. The van der Waals surface area contributed by atoms with Crippen LogP contribution in [0.15, 0.2) is 27.4 Å². The molecule has 90 valence electrons. The smallest absolute Gasteiger partial charge is 0.152 e. The summed E-state index contributed by atoms with van der Waals surface area (Å²) in [5, 5.41) is 7.78. The van der Waals surface area contributed by atoms with Gasteiger partial charge in [0.1, 0.15) is 12.1 Å². The van der Waals surface area contributed by atoms with Crippen LogP contribution < -0.4 is 4.74 Å². The van der Waals surface area contributed by atoms with Gasteiger partial charge in [-0.15, -0.1) is 21.8 Å². The lowest BCUT2D eigenvalue weighted by Gasteiger charge is -2.11. The van der Waals surface area contributed by atoms with Gasteiger partial charge in [-0.05, 0) is 37.9 Å². The lowest BCUT2D eigenvalue weighted by Crippen LogP contribution is -2.00. The third-order valence-electron chi connectivity index (χ3n) is 2.22. The number of alkyl halides is 1. The quantitative estimate of drug-likeness (QED) is 0.764. The molecule has 0 N–H and O–H groups in total. The van der Waals surface area contributed by atoms with Crippen LogP contribution >= 0.6 is 43.5 Å². The zero-order chi connectivity index (χ0) is 12.4. The molecule has 4 nitrogen and oxygen atoms in total. The van der Waals surface area contributed by atoms with Crippen LogP contribution in [0.2, 0.25) is 0 Å². The fraction of sp³-hybridized carbons (Fsp3) is 0.200. The number of rotatable bonds is 3. The Bertz CT molecular complexity index is 544. The first-order valence-corrected chi connectivity index (χ1v) is 6.77. The molecule has 2 aromatic rings. The lowest BCUT2D eigenvalue weighted by molar-refractivity contribution is 0.412. The van der Waals surface area contributed by atoms with Crippen molar-refractivity contribution in [3.63, 3.8) is 0 Å². The van der Waals surface area contributed by atoms with Gasteiger partial charge in [-0.1, -0.05) is 0 Å². The minimum absolute atomic E-state index is 0.296. The van der Waals surface area contributed by atoms with E-state index in [-0.39, 0.29) is 0 Å². The largest absolute Gasteiger partial charge is 0.495 e. The molecule has 0 saturated carbocycles. The van der Waals surface area contributed by atoms with Crippen LogP contribution in [-0.4, -0.2) is 21.9 Å². The molecule has 2 rings (SSSR count). The molecular formula is C10H8Br2ClN3O. The molecule has 0 aliphatic rings. The molecule has 0 aliphatic carbocycles. The van der Waals surface area contributed by atoms with Gasteiger partial charge in [-0.2, -0.15) is 0 Å². The number of halogens is 3. The Kier molecular flexibility index (Phi) is 4.06. The topological polar surface area (TPSA) is 39.9 Å². The van der Waals surface area contributed by atoms with E-state index < -0.39 is 0 Å². The van der Waals surface area contributed by atoms with Gasteiger partial charge in [-0.25, -0.2) is 0 Å². The Labute approximate surface area is 120 Å². The predicted molar refractivity (Wildman–Crippen MR) is 72.9 cm³/mol. The van der Waals surface area contributed by atoms with Crippen LogP contribution in [0.25, 0.3) is 5.69 Å². The number of methoxy groups -OCH3 is 1. The molecule has 1 heterocycles. The van der Waals surface area contributed by atoms with Gasteiger partial charge in [0.15, 0.2) is 5.82 Å². The molecule has 0 radical (unpaired) electrons. The highest BCUT2D eigenvalue weighted by atomic mass is 79.9. The van der Waals surface area contributed by atoms with Crippen molar-refractivity contribution in [3.8, 4) is 11.4 Å². The summed E-state index contributed by atoms with van der Waals surface area (Å²) < 4.78 is 8.84. The van der Waals surface area contributed by atoms with Crippen LogP contribution in [0.4, 0.5) is 0 Å². The summed E-state index contributed by atoms with van der Waals surface area (Å²) in [7, 11) is 1.62. The van der Waals surface area contributed by atoms with Crippen molar-refractivity contribution < 1.29 is 4.74 Å². The van der Waals surface area contributed by atoms with Gasteiger partial charge in [0.25, 0.3) is 0 Å². The van der Waals surface area contributed by atoms with Crippen molar-refractivity contribution in [3.05, 3.63) is 33.2 Å². The molecule has 0 atom stereocenters. The molecule has 0 unspecified atom stereocenters. The third kappa shape index (κ3) is 2.48. The van der Waals surface area contributed by atoms with Crippen LogP contribution in [0.5, 0.6) is 5.75 Å². The Hall–Kier alpha value is -0.590. The van der Waals surface area contributed by atoms with Crippen molar-refractivity contribution in [2.75, 3.05) is 7.11 Å². The van der Waals surface area contributed by atoms with E-state index in [1.807, 2.05) is 16.7 Å². The molecule has 0 amide bonds. The summed E-state index contributed by atoms with van der Waals surface area (Å²) in [6.07, 6.45) is 1.62. The Morgan fingerprint density at radius 3 is 2.76 bits per heavy atom. The number of benzene rings is 1. The number of hydrogen-bond donors (Lipinski definition) is 0. The van der Waals surface area contributed by atoms with E-state index in [0.29, 0.717) is 11.7 Å². The van der Waals surface area contributed by atoms with E-state index >= 15 is 0 Å². The van der Waals surface area contributed by atoms with Crippen molar-refractivity contribution in [1.29, 1.82) is 0 Å². The maximum atomic E-state index is 5.80.